The zero-order valence-corrected chi connectivity index (χ0v) is 14.9. The summed E-state index contributed by atoms with van der Waals surface area (Å²) in [6.45, 7) is 5.73. The van der Waals surface area contributed by atoms with E-state index < -0.39 is 0 Å². The number of unbranched alkanes of at least 4 members (excludes halogenated alkanes) is 1. The number of ether oxygens (including phenoxy) is 1. The topological polar surface area (TPSA) is 39.7 Å². The van der Waals surface area contributed by atoms with Crippen molar-refractivity contribution >= 4 is 17.0 Å². The minimum absolute atomic E-state index is 0.629. The third-order valence-electron chi connectivity index (χ3n) is 3.69. The monoisotopic (exact) mass is 342 g/mol. The van der Waals surface area contributed by atoms with Crippen LogP contribution in [0.25, 0.3) is 11.5 Å². The summed E-state index contributed by atoms with van der Waals surface area (Å²) in [5, 5.41) is 2.11. The number of nitrogens with zero attached hydrogens (tertiary/aromatic N) is 2. The molecule has 0 unspecified atom stereocenters. The van der Waals surface area contributed by atoms with Crippen molar-refractivity contribution in [1.29, 1.82) is 0 Å². The summed E-state index contributed by atoms with van der Waals surface area (Å²) in [5.41, 5.74) is 1.93. The molecular weight excluding hydrogens is 320 g/mol. The molecule has 0 saturated carbocycles. The fraction of sp³-hybridized carbons (Fsp3) is 0.316. The summed E-state index contributed by atoms with van der Waals surface area (Å²) in [6.07, 6.45) is 3.94. The molecule has 0 fully saturated rings. The predicted molar refractivity (Wildman–Crippen MR) is 97.8 cm³/mol. The van der Waals surface area contributed by atoms with E-state index in [1.807, 2.05) is 43.3 Å². The molecule has 0 spiro atoms. The minimum atomic E-state index is 0.629. The maximum absolute atomic E-state index is 5.69. The van der Waals surface area contributed by atoms with E-state index in [0.29, 0.717) is 6.61 Å². The molecule has 0 atom stereocenters. The van der Waals surface area contributed by atoms with E-state index in [-0.39, 0.29) is 0 Å². The smallest absolute Gasteiger partial charge is 0.190 e. The van der Waals surface area contributed by atoms with E-state index in [4.69, 9.17) is 14.1 Å². The highest BCUT2D eigenvalue weighted by Crippen LogP contribution is 2.27. The molecule has 0 aliphatic carbocycles. The Morgan fingerprint density at radius 1 is 1.17 bits per heavy atom. The molecule has 3 aromatic rings. The van der Waals surface area contributed by atoms with E-state index in [0.717, 1.165) is 47.1 Å². The highest BCUT2D eigenvalue weighted by Gasteiger charge is 2.11. The molecule has 126 valence electrons. The molecule has 0 radical (unpaired) electrons. The number of furan rings is 1. The average Bonchev–Trinajstić information content (AvgIpc) is 3.24. The second-order valence-electron chi connectivity index (χ2n) is 5.40. The van der Waals surface area contributed by atoms with Crippen LogP contribution in [0.5, 0.6) is 5.75 Å². The van der Waals surface area contributed by atoms with Crippen LogP contribution in [-0.4, -0.2) is 11.2 Å². The summed E-state index contributed by atoms with van der Waals surface area (Å²) >= 11 is 1.63. The molecular formula is C19H22N2O2S. The van der Waals surface area contributed by atoms with Gasteiger partial charge in [0.15, 0.2) is 10.6 Å². The number of rotatable bonds is 7. The van der Waals surface area contributed by atoms with Gasteiger partial charge in [0.1, 0.15) is 11.4 Å². The average molecular weight is 342 g/mol. The van der Waals surface area contributed by atoms with Gasteiger partial charge in [-0.2, -0.15) is 0 Å². The Kier molecular flexibility index (Phi) is 5.54. The van der Waals surface area contributed by atoms with Crippen molar-refractivity contribution in [2.45, 2.75) is 33.2 Å². The normalized spacial score (nSPS) is 11.8. The van der Waals surface area contributed by atoms with Crippen LogP contribution in [0, 0.1) is 0 Å². The van der Waals surface area contributed by atoms with Gasteiger partial charge in [-0.1, -0.05) is 25.5 Å². The van der Waals surface area contributed by atoms with Gasteiger partial charge in [0, 0.05) is 11.9 Å². The van der Waals surface area contributed by atoms with Crippen molar-refractivity contribution < 1.29 is 9.15 Å². The maximum atomic E-state index is 5.69. The fourth-order valence-electron chi connectivity index (χ4n) is 2.50. The Morgan fingerprint density at radius 3 is 2.79 bits per heavy atom. The maximum Gasteiger partial charge on any atom is 0.190 e. The van der Waals surface area contributed by atoms with Crippen molar-refractivity contribution in [3.8, 4) is 17.2 Å². The van der Waals surface area contributed by atoms with Gasteiger partial charge in [0.05, 0.1) is 18.6 Å². The molecule has 0 bridgehead atoms. The zero-order chi connectivity index (χ0) is 16.8. The standard InChI is InChI=1S/C19H22N2O2S/c1-3-5-12-21-16(18-11-8-13-23-18)14-24-19(21)20-15-9-6-7-10-17(15)22-4-2/h6-11,13-14H,3-5,12H2,1-2H3. The van der Waals surface area contributed by atoms with Crippen molar-refractivity contribution in [1.82, 2.24) is 4.57 Å². The lowest BCUT2D eigenvalue weighted by Gasteiger charge is -2.08. The SMILES string of the molecule is CCCCn1c(-c2ccco2)csc1=Nc1ccccc1OCC. The van der Waals surface area contributed by atoms with Gasteiger partial charge in [-0.3, -0.25) is 0 Å². The highest BCUT2D eigenvalue weighted by atomic mass is 32.1. The lowest BCUT2D eigenvalue weighted by Crippen LogP contribution is -2.15. The Balaban J connectivity index is 2.07. The Labute approximate surface area is 146 Å². The third-order valence-corrected chi connectivity index (χ3v) is 4.55. The van der Waals surface area contributed by atoms with Crippen LogP contribution < -0.4 is 9.54 Å². The molecule has 0 N–H and O–H groups in total. The number of hydrogen-bond donors (Lipinski definition) is 0. The number of thiazole rings is 1. The second-order valence-corrected chi connectivity index (χ2v) is 6.24. The highest BCUT2D eigenvalue weighted by molar-refractivity contribution is 7.07. The van der Waals surface area contributed by atoms with E-state index in [9.17, 15) is 0 Å². The van der Waals surface area contributed by atoms with Crippen molar-refractivity contribution in [3.05, 3.63) is 52.8 Å². The van der Waals surface area contributed by atoms with Crippen LogP contribution in [0.1, 0.15) is 26.7 Å². The minimum Gasteiger partial charge on any atom is -0.492 e. The number of aromatic nitrogens is 1. The van der Waals surface area contributed by atoms with Crippen LogP contribution in [-0.2, 0) is 6.54 Å². The Bertz CT molecular complexity index is 831. The summed E-state index contributed by atoms with van der Waals surface area (Å²) in [4.78, 5) is 5.82. The molecule has 2 aromatic heterocycles. The van der Waals surface area contributed by atoms with Gasteiger partial charge in [-0.15, -0.1) is 11.3 Å². The van der Waals surface area contributed by atoms with Crippen LogP contribution in [0.3, 0.4) is 0 Å². The van der Waals surface area contributed by atoms with Crippen molar-refractivity contribution in [2.75, 3.05) is 6.61 Å². The van der Waals surface area contributed by atoms with Gasteiger partial charge in [-0.25, -0.2) is 4.99 Å². The second kappa shape index (κ2) is 8.02. The Morgan fingerprint density at radius 2 is 2.04 bits per heavy atom. The van der Waals surface area contributed by atoms with E-state index in [1.54, 1.807) is 17.6 Å². The number of benzene rings is 1. The van der Waals surface area contributed by atoms with E-state index in [1.165, 1.54) is 0 Å². The first-order valence-electron chi connectivity index (χ1n) is 8.32. The lowest BCUT2D eigenvalue weighted by molar-refractivity contribution is 0.341. The molecule has 0 saturated heterocycles. The first-order chi connectivity index (χ1) is 11.8. The van der Waals surface area contributed by atoms with E-state index in [2.05, 4.69) is 16.9 Å². The van der Waals surface area contributed by atoms with Crippen LogP contribution >= 0.6 is 11.3 Å². The van der Waals surface area contributed by atoms with Crippen molar-refractivity contribution in [2.24, 2.45) is 4.99 Å². The number of para-hydroxylation sites is 2. The Hall–Kier alpha value is -2.27. The van der Waals surface area contributed by atoms with Crippen molar-refractivity contribution in [3.63, 3.8) is 0 Å². The van der Waals surface area contributed by atoms with Gasteiger partial charge in [-0.05, 0) is 37.6 Å². The van der Waals surface area contributed by atoms with Crippen LogP contribution in [0.2, 0.25) is 0 Å². The lowest BCUT2D eigenvalue weighted by atomic mass is 10.3. The molecule has 0 aliphatic heterocycles. The predicted octanol–water partition coefficient (Wildman–Crippen LogP) is 5.24. The summed E-state index contributed by atoms with van der Waals surface area (Å²) in [6, 6.07) is 11.8. The van der Waals surface area contributed by atoms with Gasteiger partial charge < -0.3 is 13.7 Å². The summed E-state index contributed by atoms with van der Waals surface area (Å²) in [5.74, 6) is 1.69. The van der Waals surface area contributed by atoms with Crippen LogP contribution in [0.4, 0.5) is 5.69 Å². The van der Waals surface area contributed by atoms with E-state index >= 15 is 0 Å². The molecule has 2 heterocycles. The molecule has 4 nitrogen and oxygen atoms in total. The largest absolute Gasteiger partial charge is 0.492 e. The third kappa shape index (κ3) is 3.62. The fourth-order valence-corrected chi connectivity index (χ4v) is 3.43. The molecule has 1 aromatic carbocycles. The van der Waals surface area contributed by atoms with Gasteiger partial charge in [0.2, 0.25) is 0 Å². The molecule has 3 rings (SSSR count). The summed E-state index contributed by atoms with van der Waals surface area (Å²) in [7, 11) is 0. The molecule has 0 aliphatic rings. The molecule has 0 amide bonds. The summed E-state index contributed by atoms with van der Waals surface area (Å²) < 4.78 is 13.5. The van der Waals surface area contributed by atoms with Gasteiger partial charge in [0.25, 0.3) is 0 Å². The number of hydrogen-bond acceptors (Lipinski definition) is 4. The first kappa shape index (κ1) is 16.6. The van der Waals surface area contributed by atoms with Crippen LogP contribution in [0.15, 0.2) is 57.5 Å². The molecule has 5 heteroatoms. The zero-order valence-electron chi connectivity index (χ0n) is 14.1. The van der Waals surface area contributed by atoms with Gasteiger partial charge >= 0.3 is 0 Å². The quantitative estimate of drug-likeness (QED) is 0.589. The molecule has 24 heavy (non-hydrogen) atoms. The first-order valence-corrected chi connectivity index (χ1v) is 9.20.